The molecule has 7 heteroatoms. The van der Waals surface area contributed by atoms with Crippen LogP contribution in [0.4, 0.5) is 0 Å². The summed E-state index contributed by atoms with van der Waals surface area (Å²) in [4.78, 5) is 12.2. The Labute approximate surface area is 207 Å². The molecule has 0 bridgehead atoms. The number of benzene rings is 1. The third-order valence-electron chi connectivity index (χ3n) is 7.06. The Balaban J connectivity index is 2.14. The Morgan fingerprint density at radius 1 is 1.00 bits per heavy atom. The average molecular weight is 495 g/mol. The summed E-state index contributed by atoms with van der Waals surface area (Å²) >= 11 is 0. The van der Waals surface area contributed by atoms with Crippen LogP contribution in [0, 0.1) is 0 Å². The molecule has 34 heavy (non-hydrogen) atoms. The van der Waals surface area contributed by atoms with Gasteiger partial charge in [-0.2, -0.15) is 0 Å². The number of hydrogen-bond acceptors (Lipinski definition) is 6. The smallest absolute Gasteiger partial charge is 0.201 e. The predicted molar refractivity (Wildman–Crippen MR) is 138 cm³/mol. The van der Waals surface area contributed by atoms with Gasteiger partial charge in [0.1, 0.15) is 23.7 Å². The Morgan fingerprint density at radius 2 is 1.56 bits per heavy atom. The van der Waals surface area contributed by atoms with E-state index < -0.39 is 25.8 Å². The highest BCUT2D eigenvalue weighted by atomic mass is 28.4. The molecule has 0 spiro atoms. The summed E-state index contributed by atoms with van der Waals surface area (Å²) in [6, 6.07) is 7.81. The van der Waals surface area contributed by atoms with Crippen molar-refractivity contribution in [1.82, 2.24) is 0 Å². The zero-order valence-electron chi connectivity index (χ0n) is 22.8. The van der Waals surface area contributed by atoms with Gasteiger partial charge in [0.05, 0.1) is 26.4 Å². The molecule has 0 N–H and O–H groups in total. The average Bonchev–Trinajstić information content (AvgIpc) is 2.98. The molecule has 194 valence electrons. The first-order valence-corrected chi connectivity index (χ1v) is 14.7. The first kappa shape index (κ1) is 29.0. The van der Waals surface area contributed by atoms with E-state index in [-0.39, 0.29) is 6.10 Å². The van der Waals surface area contributed by atoms with Crippen LogP contribution >= 0.6 is 0 Å². The number of carbonyl (C=O) groups excluding carboxylic acids is 1. The lowest BCUT2D eigenvalue weighted by atomic mass is 9.95. The highest BCUT2D eigenvalue weighted by Crippen LogP contribution is 2.44. The van der Waals surface area contributed by atoms with Gasteiger partial charge in [0.25, 0.3) is 0 Å². The number of rotatable bonds is 13. The number of hydrogen-bond donors (Lipinski definition) is 0. The normalized spacial score (nSPS) is 23.6. The molecule has 0 saturated carbocycles. The van der Waals surface area contributed by atoms with Crippen LogP contribution in [0.3, 0.4) is 0 Å². The minimum Gasteiger partial charge on any atom is -0.497 e. The molecule has 0 amide bonds. The van der Waals surface area contributed by atoms with Gasteiger partial charge in [0.2, 0.25) is 8.32 Å². The van der Waals surface area contributed by atoms with Crippen molar-refractivity contribution in [3.8, 4) is 5.75 Å². The van der Waals surface area contributed by atoms with Crippen molar-refractivity contribution >= 4 is 14.6 Å². The fourth-order valence-corrected chi connectivity index (χ4v) is 11.1. The largest absolute Gasteiger partial charge is 0.497 e. The fraction of sp³-hybridized carbons (Fsp3) is 0.741. The van der Waals surface area contributed by atoms with Crippen molar-refractivity contribution in [3.63, 3.8) is 0 Å². The van der Waals surface area contributed by atoms with Crippen LogP contribution in [0.15, 0.2) is 24.3 Å². The van der Waals surface area contributed by atoms with Gasteiger partial charge in [0, 0.05) is 6.42 Å². The maximum atomic E-state index is 12.2. The SMILES string of the molecule is COc1ccc(COC[C@@]2(C)OC(C)(C)O[C@@H]2C[C@H](C=O)O[Si](C(C)C)(C(C)C)C(C)C)cc1. The van der Waals surface area contributed by atoms with E-state index in [2.05, 4.69) is 41.5 Å². The Hall–Kier alpha value is -1.25. The fourth-order valence-electron chi connectivity index (χ4n) is 5.64. The van der Waals surface area contributed by atoms with Crippen molar-refractivity contribution in [1.29, 1.82) is 0 Å². The molecule has 1 aliphatic heterocycles. The van der Waals surface area contributed by atoms with Gasteiger partial charge >= 0.3 is 0 Å². The van der Waals surface area contributed by atoms with Gasteiger partial charge in [-0.1, -0.05) is 53.7 Å². The summed E-state index contributed by atoms with van der Waals surface area (Å²) < 4.78 is 30.7. The van der Waals surface area contributed by atoms with Gasteiger partial charge in [-0.05, 0) is 55.1 Å². The maximum Gasteiger partial charge on any atom is 0.201 e. The highest BCUT2D eigenvalue weighted by molar-refractivity contribution is 6.77. The third kappa shape index (κ3) is 6.70. The van der Waals surface area contributed by atoms with Crippen LogP contribution in [-0.2, 0) is 30.0 Å². The van der Waals surface area contributed by atoms with Crippen LogP contribution in [0.2, 0.25) is 16.6 Å². The van der Waals surface area contributed by atoms with Crippen LogP contribution < -0.4 is 4.74 Å². The van der Waals surface area contributed by atoms with Gasteiger partial charge in [-0.3, -0.25) is 0 Å². The van der Waals surface area contributed by atoms with E-state index in [0.29, 0.717) is 36.3 Å². The van der Waals surface area contributed by atoms with Gasteiger partial charge in [-0.25, -0.2) is 0 Å². The standard InChI is InChI=1S/C27H46O6Si/c1-19(2)34(20(3)4,21(5)6)32-24(16-28)15-25-27(9,33-26(7,8)31-25)18-30-17-22-11-13-23(29-10)14-12-22/h11-14,16,19-21,24-25H,15,17-18H2,1-10H3/t24-,25-,27-/m1/s1. The molecule has 1 aliphatic rings. The second kappa shape index (κ2) is 11.7. The highest BCUT2D eigenvalue weighted by Gasteiger charge is 2.52. The van der Waals surface area contributed by atoms with E-state index >= 15 is 0 Å². The summed E-state index contributed by atoms with van der Waals surface area (Å²) in [5, 5.41) is 0. The van der Waals surface area contributed by atoms with E-state index in [0.717, 1.165) is 17.6 Å². The zero-order valence-corrected chi connectivity index (χ0v) is 23.8. The molecular formula is C27H46O6Si. The van der Waals surface area contributed by atoms with Crippen LogP contribution in [0.25, 0.3) is 0 Å². The van der Waals surface area contributed by atoms with Crippen molar-refractivity contribution in [3.05, 3.63) is 29.8 Å². The summed E-state index contributed by atoms with van der Waals surface area (Å²) in [5.41, 5.74) is 1.54. The minimum atomic E-state index is -2.21. The van der Waals surface area contributed by atoms with Crippen molar-refractivity contribution in [2.24, 2.45) is 0 Å². The van der Waals surface area contributed by atoms with E-state index in [9.17, 15) is 4.79 Å². The van der Waals surface area contributed by atoms with Crippen LogP contribution in [0.1, 0.15) is 74.3 Å². The zero-order chi connectivity index (χ0) is 25.7. The number of carbonyl (C=O) groups is 1. The first-order chi connectivity index (χ1) is 15.8. The number of methoxy groups -OCH3 is 1. The molecule has 6 nitrogen and oxygen atoms in total. The summed E-state index contributed by atoms with van der Waals surface area (Å²) in [7, 11) is -0.561. The van der Waals surface area contributed by atoms with E-state index in [1.807, 2.05) is 45.0 Å². The topological polar surface area (TPSA) is 63.2 Å². The molecule has 1 aromatic carbocycles. The van der Waals surface area contributed by atoms with Gasteiger partial charge in [-0.15, -0.1) is 0 Å². The predicted octanol–water partition coefficient (Wildman–Crippen LogP) is 6.27. The van der Waals surface area contributed by atoms with Crippen molar-refractivity contribution in [2.75, 3.05) is 13.7 Å². The number of ether oxygens (including phenoxy) is 4. The van der Waals surface area contributed by atoms with Crippen molar-refractivity contribution in [2.45, 2.75) is 116 Å². The van der Waals surface area contributed by atoms with E-state index in [1.165, 1.54) is 0 Å². The van der Waals surface area contributed by atoms with Crippen LogP contribution in [0.5, 0.6) is 5.75 Å². The van der Waals surface area contributed by atoms with Gasteiger partial charge in [0.15, 0.2) is 5.79 Å². The molecule has 1 heterocycles. The third-order valence-corrected chi connectivity index (χ3v) is 13.2. The molecule has 0 aromatic heterocycles. The van der Waals surface area contributed by atoms with Crippen LogP contribution in [-0.4, -0.2) is 51.9 Å². The first-order valence-electron chi connectivity index (χ1n) is 12.5. The lowest BCUT2D eigenvalue weighted by molar-refractivity contribution is -0.170. The molecule has 0 radical (unpaired) electrons. The molecule has 1 aromatic rings. The molecule has 2 rings (SSSR count). The molecule has 1 saturated heterocycles. The number of aldehydes is 1. The molecule has 3 atom stereocenters. The Morgan fingerprint density at radius 3 is 2.03 bits per heavy atom. The monoisotopic (exact) mass is 494 g/mol. The molecule has 1 fully saturated rings. The Kier molecular flexibility index (Phi) is 9.93. The van der Waals surface area contributed by atoms with Gasteiger partial charge < -0.3 is 28.2 Å². The summed E-state index contributed by atoms with van der Waals surface area (Å²) in [6.45, 7) is 20.0. The Bertz CT molecular complexity index is 754. The summed E-state index contributed by atoms with van der Waals surface area (Å²) in [6.07, 6.45) is 0.521. The van der Waals surface area contributed by atoms with E-state index in [4.69, 9.17) is 23.4 Å². The van der Waals surface area contributed by atoms with E-state index in [1.54, 1.807) is 7.11 Å². The molecule has 0 aliphatic carbocycles. The quantitative estimate of drug-likeness (QED) is 0.238. The van der Waals surface area contributed by atoms with Crippen molar-refractivity contribution < 1.29 is 28.2 Å². The maximum absolute atomic E-state index is 12.2. The lowest BCUT2D eigenvalue weighted by Crippen LogP contribution is -2.52. The molecule has 0 unspecified atom stereocenters. The second-order valence-corrected chi connectivity index (χ2v) is 16.5. The minimum absolute atomic E-state index is 0.327. The molecular weight excluding hydrogens is 448 g/mol. The lowest BCUT2D eigenvalue weighted by Gasteiger charge is -2.44. The second-order valence-electron chi connectivity index (χ2n) is 11.1. The summed E-state index contributed by atoms with van der Waals surface area (Å²) in [5.74, 6) is 0.0488.